The van der Waals surface area contributed by atoms with E-state index in [2.05, 4.69) is 37.1 Å². The number of nitrogens with zero attached hydrogens (tertiary/aromatic N) is 7. The maximum Gasteiger partial charge on any atom is 0.317 e. The van der Waals surface area contributed by atoms with Crippen molar-refractivity contribution in [1.82, 2.24) is 24.4 Å². The summed E-state index contributed by atoms with van der Waals surface area (Å²) in [6.07, 6.45) is 3.51. The van der Waals surface area contributed by atoms with Crippen LogP contribution in [0.2, 0.25) is 0 Å². The zero-order valence-corrected chi connectivity index (χ0v) is 23.9. The Morgan fingerprint density at radius 1 is 1.12 bits per heavy atom. The molecule has 2 aromatic carbocycles. The van der Waals surface area contributed by atoms with Gasteiger partial charge in [-0.1, -0.05) is 12.1 Å². The van der Waals surface area contributed by atoms with Crippen molar-refractivity contribution in [2.45, 2.75) is 31.4 Å². The summed E-state index contributed by atoms with van der Waals surface area (Å²) in [6, 6.07) is 10.0. The van der Waals surface area contributed by atoms with Gasteiger partial charge in [0.2, 0.25) is 5.95 Å². The van der Waals surface area contributed by atoms with E-state index in [0.29, 0.717) is 24.5 Å². The minimum Gasteiger partial charge on any atom is -0.494 e. The fourth-order valence-corrected chi connectivity index (χ4v) is 5.46. The van der Waals surface area contributed by atoms with Gasteiger partial charge in [0.05, 0.1) is 24.0 Å². The van der Waals surface area contributed by atoms with Gasteiger partial charge in [-0.2, -0.15) is 13.8 Å². The molecule has 2 saturated heterocycles. The molecule has 43 heavy (non-hydrogen) atoms. The summed E-state index contributed by atoms with van der Waals surface area (Å²) in [5.74, 6) is -3.34. The number of hydrogen-bond donors (Lipinski definition) is 1. The molecule has 4 aromatic rings. The van der Waals surface area contributed by atoms with Crippen molar-refractivity contribution < 1.29 is 23.2 Å². The van der Waals surface area contributed by atoms with Gasteiger partial charge in [0.25, 0.3) is 5.69 Å². The van der Waals surface area contributed by atoms with Crippen molar-refractivity contribution in [3.05, 3.63) is 70.2 Å². The van der Waals surface area contributed by atoms with E-state index in [0.717, 1.165) is 62.9 Å². The molecule has 2 aliphatic heterocycles. The molecule has 14 heteroatoms. The number of nitro groups is 1. The first-order chi connectivity index (χ1) is 20.7. The van der Waals surface area contributed by atoms with E-state index in [-0.39, 0.29) is 17.1 Å². The molecule has 0 radical (unpaired) electrons. The molecule has 1 atom stereocenters. The third kappa shape index (κ3) is 5.67. The van der Waals surface area contributed by atoms with Crippen molar-refractivity contribution in [3.8, 4) is 5.75 Å². The van der Waals surface area contributed by atoms with Crippen LogP contribution in [0, 0.1) is 10.1 Å². The molecular weight excluding hydrogens is 562 g/mol. The Hall–Kier alpha value is -4.43. The topological polar surface area (TPSA) is 124 Å². The first-order valence-corrected chi connectivity index (χ1v) is 14.1. The number of rotatable bonds is 8. The van der Waals surface area contributed by atoms with Crippen LogP contribution in [0.25, 0.3) is 11.2 Å². The van der Waals surface area contributed by atoms with Crippen LogP contribution in [-0.2, 0) is 10.7 Å². The fourth-order valence-electron chi connectivity index (χ4n) is 5.46. The number of ether oxygens (including phenoxy) is 2. The smallest absolute Gasteiger partial charge is 0.317 e. The lowest BCUT2D eigenvalue weighted by molar-refractivity contribution is -0.385. The molecular formula is C29H32F2N8O4. The summed E-state index contributed by atoms with van der Waals surface area (Å²) in [5.41, 5.74) is -0.187. The minimum absolute atomic E-state index is 0.101. The maximum absolute atomic E-state index is 16.2. The highest BCUT2D eigenvalue weighted by molar-refractivity contribution is 5.78. The summed E-state index contributed by atoms with van der Waals surface area (Å²) in [5, 5.41) is 14.4. The molecule has 2 aliphatic rings. The van der Waals surface area contributed by atoms with E-state index in [1.807, 2.05) is 12.1 Å². The van der Waals surface area contributed by atoms with E-state index < -0.39 is 34.0 Å². The normalized spacial score (nSPS) is 18.1. The Kier molecular flexibility index (Phi) is 7.79. The standard InChI is InChI=1S/C29H32F2N8O4/c1-36-11-13-37(14-12-36)20-9-10-22(23(17-20)42-2)33-28-34-26(29(30,31)19-6-5-7-21(16-19)39(40)41)25-27(35-28)38(18-32-25)24-8-3-4-15-43-24/h5-7,9-10,16-18,24H,3-4,8,11-15H2,1-2H3,(H,33,34,35). The zero-order chi connectivity index (χ0) is 30.1. The number of anilines is 3. The predicted octanol–water partition coefficient (Wildman–Crippen LogP) is 5.08. The molecule has 0 amide bonds. The van der Waals surface area contributed by atoms with Crippen LogP contribution >= 0.6 is 0 Å². The minimum atomic E-state index is -3.73. The highest BCUT2D eigenvalue weighted by Crippen LogP contribution is 2.41. The van der Waals surface area contributed by atoms with E-state index in [1.54, 1.807) is 10.6 Å². The summed E-state index contributed by atoms with van der Waals surface area (Å²) < 4.78 is 45.6. The molecule has 2 aromatic heterocycles. The lowest BCUT2D eigenvalue weighted by Gasteiger charge is -2.34. The lowest BCUT2D eigenvalue weighted by Crippen LogP contribution is -2.44. The van der Waals surface area contributed by atoms with Gasteiger partial charge >= 0.3 is 5.92 Å². The fraction of sp³-hybridized carbons (Fsp3) is 0.414. The molecule has 0 saturated carbocycles. The Morgan fingerprint density at radius 2 is 1.93 bits per heavy atom. The van der Waals surface area contributed by atoms with Crippen molar-refractivity contribution >= 4 is 34.2 Å². The molecule has 2 fully saturated rings. The maximum atomic E-state index is 16.2. The Balaban J connectivity index is 1.42. The lowest BCUT2D eigenvalue weighted by atomic mass is 10.0. The third-order valence-electron chi connectivity index (χ3n) is 7.90. The van der Waals surface area contributed by atoms with Crippen LogP contribution in [0.4, 0.5) is 31.8 Å². The highest BCUT2D eigenvalue weighted by atomic mass is 19.3. The number of nitro benzene ring substituents is 1. The summed E-state index contributed by atoms with van der Waals surface area (Å²) in [7, 11) is 3.63. The number of aromatic nitrogens is 4. The number of methoxy groups -OCH3 is 1. The van der Waals surface area contributed by atoms with Crippen molar-refractivity contribution in [3.63, 3.8) is 0 Å². The van der Waals surface area contributed by atoms with Crippen LogP contribution in [-0.4, -0.2) is 76.3 Å². The van der Waals surface area contributed by atoms with E-state index in [4.69, 9.17) is 9.47 Å². The van der Waals surface area contributed by atoms with Gasteiger partial charge in [-0.3, -0.25) is 14.7 Å². The van der Waals surface area contributed by atoms with Gasteiger partial charge in [0.1, 0.15) is 23.2 Å². The van der Waals surface area contributed by atoms with Gasteiger partial charge in [-0.05, 0) is 38.4 Å². The highest BCUT2D eigenvalue weighted by Gasteiger charge is 2.41. The van der Waals surface area contributed by atoms with Crippen LogP contribution < -0.4 is 15.0 Å². The van der Waals surface area contributed by atoms with Gasteiger partial charge in [-0.15, -0.1) is 0 Å². The number of fused-ring (bicyclic) bond motifs is 1. The van der Waals surface area contributed by atoms with Crippen LogP contribution in [0.1, 0.15) is 36.7 Å². The van der Waals surface area contributed by atoms with Gasteiger partial charge in [0.15, 0.2) is 5.65 Å². The number of nitrogens with one attached hydrogen (secondary N) is 1. The van der Waals surface area contributed by atoms with Gasteiger partial charge in [-0.25, -0.2) is 9.97 Å². The molecule has 1 unspecified atom stereocenters. The molecule has 226 valence electrons. The number of halogens is 2. The first-order valence-electron chi connectivity index (χ1n) is 14.1. The van der Waals surface area contributed by atoms with Crippen LogP contribution in [0.5, 0.6) is 5.75 Å². The molecule has 1 N–H and O–H groups in total. The second kappa shape index (κ2) is 11.7. The largest absolute Gasteiger partial charge is 0.494 e. The predicted molar refractivity (Wildman–Crippen MR) is 156 cm³/mol. The molecule has 4 heterocycles. The van der Waals surface area contributed by atoms with Crippen molar-refractivity contribution in [2.24, 2.45) is 0 Å². The number of likely N-dealkylation sites (N-methyl/N-ethyl adjacent to an activating group) is 1. The number of piperazine rings is 1. The number of imidazole rings is 1. The average molecular weight is 595 g/mol. The summed E-state index contributed by atoms with van der Waals surface area (Å²) in [4.78, 5) is 28.3. The van der Waals surface area contributed by atoms with Gasteiger partial charge in [0, 0.05) is 62.2 Å². The Morgan fingerprint density at radius 3 is 2.65 bits per heavy atom. The summed E-state index contributed by atoms with van der Waals surface area (Å²) in [6.45, 7) is 4.16. The van der Waals surface area contributed by atoms with E-state index >= 15 is 8.78 Å². The molecule has 0 spiro atoms. The first kappa shape index (κ1) is 28.7. The van der Waals surface area contributed by atoms with E-state index in [1.165, 1.54) is 19.5 Å². The quantitative estimate of drug-likeness (QED) is 0.218. The van der Waals surface area contributed by atoms with E-state index in [9.17, 15) is 10.1 Å². The number of alkyl halides is 2. The summed E-state index contributed by atoms with van der Waals surface area (Å²) >= 11 is 0. The zero-order valence-electron chi connectivity index (χ0n) is 23.9. The van der Waals surface area contributed by atoms with Crippen LogP contribution in [0.15, 0.2) is 48.8 Å². The Bertz CT molecular complexity index is 1630. The van der Waals surface area contributed by atoms with Crippen LogP contribution in [0.3, 0.4) is 0 Å². The number of non-ortho nitro benzene ring substituents is 1. The SMILES string of the molecule is COc1cc(N2CCN(C)CC2)ccc1Nc1nc(C(F)(F)c2cccc([N+](=O)[O-])c2)c2ncn(C3CCCCO3)c2n1. The molecule has 6 rings (SSSR count). The molecule has 0 aliphatic carbocycles. The second-order valence-corrected chi connectivity index (χ2v) is 10.7. The number of hydrogen-bond acceptors (Lipinski definition) is 10. The Labute approximate surface area is 246 Å². The van der Waals surface area contributed by atoms with Gasteiger partial charge < -0.3 is 24.6 Å². The monoisotopic (exact) mass is 594 g/mol. The average Bonchev–Trinajstić information content (AvgIpc) is 3.45. The molecule has 0 bridgehead atoms. The van der Waals surface area contributed by atoms with Crippen molar-refractivity contribution in [1.29, 1.82) is 0 Å². The third-order valence-corrected chi connectivity index (χ3v) is 7.90. The molecule has 12 nitrogen and oxygen atoms in total. The van der Waals surface area contributed by atoms with Crippen molar-refractivity contribution in [2.75, 3.05) is 57.2 Å². The second-order valence-electron chi connectivity index (χ2n) is 10.7. The number of benzene rings is 2.